The lowest BCUT2D eigenvalue weighted by atomic mass is 10.1. The number of ether oxygens (including phenoxy) is 1. The maximum atomic E-state index is 11.5. The number of aldehydes is 1. The van der Waals surface area contributed by atoms with Gasteiger partial charge in [0.05, 0.1) is 12.6 Å². The van der Waals surface area contributed by atoms with Gasteiger partial charge in [-0.15, -0.1) is 0 Å². The van der Waals surface area contributed by atoms with E-state index in [9.17, 15) is 14.4 Å². The average Bonchev–Trinajstić information content (AvgIpc) is 2.57. The minimum Gasteiger partial charge on any atom is -0.395 e. The minimum absolute atomic E-state index is 0.135. The van der Waals surface area contributed by atoms with Crippen molar-refractivity contribution < 1.29 is 24.2 Å². The van der Waals surface area contributed by atoms with Gasteiger partial charge in [-0.25, -0.2) is 5.43 Å². The smallest absolute Gasteiger partial charge is 0.260 e. The summed E-state index contributed by atoms with van der Waals surface area (Å²) in [6, 6.07) is 8.82. The topological polar surface area (TPSA) is 117 Å². The van der Waals surface area contributed by atoms with Crippen LogP contribution in [0.15, 0.2) is 30.3 Å². The zero-order valence-electron chi connectivity index (χ0n) is 12.7. The Labute approximate surface area is 134 Å². The third-order valence-corrected chi connectivity index (χ3v) is 2.76. The summed E-state index contributed by atoms with van der Waals surface area (Å²) in [5.74, 6) is -0.922. The molecule has 0 heterocycles. The first-order valence-corrected chi connectivity index (χ1v) is 7.14. The standard InChI is InChI=1S/C15H21N3O5/c19-7-6-16-14(21)10-23-11-15(22)18-17-13(9-20)8-12-4-2-1-3-5-12/h1-5,9,13,17,19H,6-8,10-11H2,(H,16,21)(H,18,22)/t13-/m0/s1. The third kappa shape index (κ3) is 8.67. The van der Waals surface area contributed by atoms with Crippen molar-refractivity contribution in [2.75, 3.05) is 26.4 Å². The van der Waals surface area contributed by atoms with Crippen LogP contribution in [0.1, 0.15) is 5.56 Å². The summed E-state index contributed by atoms with van der Waals surface area (Å²) in [5.41, 5.74) is 5.92. The van der Waals surface area contributed by atoms with E-state index in [0.717, 1.165) is 5.56 Å². The molecule has 0 aliphatic rings. The summed E-state index contributed by atoms with van der Waals surface area (Å²) < 4.78 is 4.90. The van der Waals surface area contributed by atoms with Crippen LogP contribution in [0, 0.1) is 0 Å². The van der Waals surface area contributed by atoms with E-state index < -0.39 is 17.9 Å². The van der Waals surface area contributed by atoms with Gasteiger partial charge in [-0.2, -0.15) is 0 Å². The summed E-state index contributed by atoms with van der Waals surface area (Å²) in [6.07, 6.45) is 1.14. The summed E-state index contributed by atoms with van der Waals surface area (Å²) in [6.45, 7) is -0.633. The Morgan fingerprint density at radius 3 is 2.52 bits per heavy atom. The molecule has 1 aromatic rings. The second-order valence-electron chi connectivity index (χ2n) is 4.69. The van der Waals surface area contributed by atoms with Crippen LogP contribution in [0.2, 0.25) is 0 Å². The van der Waals surface area contributed by atoms with Crippen molar-refractivity contribution in [3.63, 3.8) is 0 Å². The molecule has 0 aliphatic heterocycles. The fourth-order valence-corrected chi connectivity index (χ4v) is 1.69. The van der Waals surface area contributed by atoms with E-state index in [4.69, 9.17) is 9.84 Å². The molecule has 8 heteroatoms. The number of hydrazine groups is 1. The second-order valence-corrected chi connectivity index (χ2v) is 4.69. The first-order chi connectivity index (χ1) is 11.2. The van der Waals surface area contributed by atoms with E-state index in [1.54, 1.807) is 0 Å². The summed E-state index contributed by atoms with van der Waals surface area (Å²) in [5, 5.41) is 10.9. The molecule has 0 aliphatic carbocycles. The molecule has 0 fully saturated rings. The van der Waals surface area contributed by atoms with Gasteiger partial charge in [-0.3, -0.25) is 15.0 Å². The van der Waals surface area contributed by atoms with Gasteiger partial charge in [0, 0.05) is 6.54 Å². The van der Waals surface area contributed by atoms with E-state index in [2.05, 4.69) is 16.2 Å². The van der Waals surface area contributed by atoms with Crippen LogP contribution in [0.4, 0.5) is 0 Å². The molecule has 1 aromatic carbocycles. The maximum absolute atomic E-state index is 11.5. The van der Waals surface area contributed by atoms with Gasteiger partial charge >= 0.3 is 0 Å². The molecule has 8 nitrogen and oxygen atoms in total. The number of benzene rings is 1. The van der Waals surface area contributed by atoms with Crippen molar-refractivity contribution in [3.8, 4) is 0 Å². The van der Waals surface area contributed by atoms with Gasteiger partial charge in [0.1, 0.15) is 19.5 Å². The Hall–Kier alpha value is -2.29. The summed E-state index contributed by atoms with van der Waals surface area (Å²) in [4.78, 5) is 33.7. The molecule has 2 amide bonds. The minimum atomic E-state index is -0.561. The highest BCUT2D eigenvalue weighted by atomic mass is 16.5. The highest BCUT2D eigenvalue weighted by molar-refractivity contribution is 5.79. The number of carbonyl (C=O) groups is 3. The molecule has 126 valence electrons. The van der Waals surface area contributed by atoms with Crippen LogP contribution in [-0.2, 0) is 25.5 Å². The van der Waals surface area contributed by atoms with Crippen molar-refractivity contribution in [3.05, 3.63) is 35.9 Å². The second kappa shape index (κ2) is 11.3. The molecule has 0 spiro atoms. The van der Waals surface area contributed by atoms with Crippen molar-refractivity contribution in [2.45, 2.75) is 12.5 Å². The zero-order valence-corrected chi connectivity index (χ0v) is 12.7. The SMILES string of the molecule is O=C[C@H](Cc1ccccc1)NNC(=O)COCC(=O)NCCO. The van der Waals surface area contributed by atoms with Gasteiger partial charge in [0.2, 0.25) is 5.91 Å². The first kappa shape index (κ1) is 18.8. The van der Waals surface area contributed by atoms with Crippen LogP contribution in [-0.4, -0.2) is 55.6 Å². The Morgan fingerprint density at radius 1 is 1.17 bits per heavy atom. The number of hydrogen-bond acceptors (Lipinski definition) is 6. The Bertz CT molecular complexity index is 495. The van der Waals surface area contributed by atoms with Crippen molar-refractivity contribution >= 4 is 18.1 Å². The van der Waals surface area contributed by atoms with Gasteiger partial charge in [0.15, 0.2) is 0 Å². The van der Waals surface area contributed by atoms with Crippen LogP contribution < -0.4 is 16.2 Å². The molecular weight excluding hydrogens is 302 g/mol. The Morgan fingerprint density at radius 2 is 1.87 bits per heavy atom. The van der Waals surface area contributed by atoms with Crippen molar-refractivity contribution in [1.29, 1.82) is 0 Å². The molecule has 23 heavy (non-hydrogen) atoms. The van der Waals surface area contributed by atoms with E-state index in [-0.39, 0.29) is 26.4 Å². The fraction of sp³-hybridized carbons (Fsp3) is 0.400. The lowest BCUT2D eigenvalue weighted by Gasteiger charge is -2.14. The molecule has 0 aromatic heterocycles. The van der Waals surface area contributed by atoms with Gasteiger partial charge in [-0.1, -0.05) is 30.3 Å². The molecule has 0 saturated carbocycles. The maximum Gasteiger partial charge on any atom is 0.260 e. The predicted octanol–water partition coefficient (Wildman–Crippen LogP) is -1.46. The lowest BCUT2D eigenvalue weighted by molar-refractivity contribution is -0.131. The Balaban J connectivity index is 2.20. The number of amides is 2. The zero-order chi connectivity index (χ0) is 16.9. The third-order valence-electron chi connectivity index (χ3n) is 2.76. The molecular formula is C15H21N3O5. The average molecular weight is 323 g/mol. The van der Waals surface area contributed by atoms with E-state index in [0.29, 0.717) is 12.7 Å². The molecule has 4 N–H and O–H groups in total. The highest BCUT2D eigenvalue weighted by Crippen LogP contribution is 2.01. The number of aliphatic hydroxyl groups is 1. The molecule has 1 atom stereocenters. The van der Waals surface area contributed by atoms with Crippen LogP contribution >= 0.6 is 0 Å². The number of carbonyl (C=O) groups excluding carboxylic acids is 3. The monoisotopic (exact) mass is 323 g/mol. The van der Waals surface area contributed by atoms with Crippen LogP contribution in [0.5, 0.6) is 0 Å². The molecule has 0 saturated heterocycles. The molecule has 0 bridgehead atoms. The van der Waals surface area contributed by atoms with E-state index in [1.165, 1.54) is 0 Å². The fourth-order valence-electron chi connectivity index (χ4n) is 1.69. The number of nitrogens with one attached hydrogen (secondary N) is 3. The van der Waals surface area contributed by atoms with Gasteiger partial charge in [0.25, 0.3) is 5.91 Å². The molecule has 0 radical (unpaired) electrons. The number of rotatable bonds is 11. The Kier molecular flexibility index (Phi) is 9.22. The highest BCUT2D eigenvalue weighted by Gasteiger charge is 2.10. The van der Waals surface area contributed by atoms with Crippen molar-refractivity contribution in [1.82, 2.24) is 16.2 Å². The number of aliphatic hydroxyl groups excluding tert-OH is 1. The molecule has 0 unspecified atom stereocenters. The first-order valence-electron chi connectivity index (χ1n) is 7.14. The summed E-state index contributed by atoms with van der Waals surface area (Å²) >= 11 is 0. The van der Waals surface area contributed by atoms with Crippen LogP contribution in [0.25, 0.3) is 0 Å². The van der Waals surface area contributed by atoms with E-state index >= 15 is 0 Å². The predicted molar refractivity (Wildman–Crippen MR) is 82.2 cm³/mol. The van der Waals surface area contributed by atoms with Gasteiger partial charge < -0.3 is 20.0 Å². The molecule has 1 rings (SSSR count). The van der Waals surface area contributed by atoms with Crippen molar-refractivity contribution in [2.24, 2.45) is 0 Å². The number of hydrogen-bond donors (Lipinski definition) is 4. The lowest BCUT2D eigenvalue weighted by Crippen LogP contribution is -2.47. The quantitative estimate of drug-likeness (QED) is 0.292. The van der Waals surface area contributed by atoms with Crippen LogP contribution in [0.3, 0.4) is 0 Å². The summed E-state index contributed by atoms with van der Waals surface area (Å²) in [7, 11) is 0. The normalized spacial score (nSPS) is 11.5. The largest absolute Gasteiger partial charge is 0.395 e. The van der Waals surface area contributed by atoms with E-state index in [1.807, 2.05) is 30.3 Å². The van der Waals surface area contributed by atoms with Gasteiger partial charge in [-0.05, 0) is 12.0 Å².